The molecular formula is C12H18N2O3. The first-order valence-corrected chi connectivity index (χ1v) is 5.48. The van der Waals surface area contributed by atoms with E-state index in [-0.39, 0.29) is 6.04 Å². The second-order valence-corrected chi connectivity index (χ2v) is 3.58. The van der Waals surface area contributed by atoms with Crippen molar-refractivity contribution in [1.82, 2.24) is 5.32 Å². The largest absolute Gasteiger partial charge is 0.412 e. The zero-order valence-corrected chi connectivity index (χ0v) is 9.89. The molecule has 0 aliphatic heterocycles. The van der Waals surface area contributed by atoms with Crippen LogP contribution in [-0.4, -0.2) is 32.4 Å². The number of para-hydroxylation sites is 1. The Labute approximate surface area is 101 Å². The van der Waals surface area contributed by atoms with Crippen LogP contribution in [0.3, 0.4) is 0 Å². The number of hydrogen-bond donors (Lipinski definition) is 2. The summed E-state index contributed by atoms with van der Waals surface area (Å²) >= 11 is 0. The van der Waals surface area contributed by atoms with E-state index in [1.165, 1.54) is 0 Å². The van der Waals surface area contributed by atoms with Crippen molar-refractivity contribution in [3.05, 3.63) is 30.3 Å². The van der Waals surface area contributed by atoms with Crippen molar-refractivity contribution in [2.45, 2.75) is 12.5 Å². The van der Waals surface area contributed by atoms with E-state index in [1.807, 2.05) is 6.07 Å². The molecule has 0 aliphatic rings. The van der Waals surface area contributed by atoms with Crippen LogP contribution in [0.5, 0.6) is 5.75 Å². The first kappa shape index (κ1) is 13.5. The summed E-state index contributed by atoms with van der Waals surface area (Å²) in [6, 6.07) is 8.76. The average molecular weight is 238 g/mol. The van der Waals surface area contributed by atoms with Crippen LogP contribution in [0.15, 0.2) is 30.3 Å². The van der Waals surface area contributed by atoms with Gasteiger partial charge in [-0.15, -0.1) is 0 Å². The molecule has 17 heavy (non-hydrogen) atoms. The van der Waals surface area contributed by atoms with Gasteiger partial charge in [0.25, 0.3) is 0 Å². The molecule has 0 aliphatic carbocycles. The van der Waals surface area contributed by atoms with Crippen LogP contribution in [0.4, 0.5) is 4.79 Å². The van der Waals surface area contributed by atoms with E-state index >= 15 is 0 Å². The highest BCUT2D eigenvalue weighted by Crippen LogP contribution is 2.08. The third-order valence-corrected chi connectivity index (χ3v) is 2.16. The molecule has 0 spiro atoms. The zero-order chi connectivity index (χ0) is 12.5. The first-order chi connectivity index (χ1) is 8.26. The van der Waals surface area contributed by atoms with Crippen molar-refractivity contribution < 1.29 is 14.3 Å². The predicted molar refractivity (Wildman–Crippen MR) is 64.9 cm³/mol. The second kappa shape index (κ2) is 7.65. The van der Waals surface area contributed by atoms with Crippen molar-refractivity contribution in [2.75, 3.05) is 20.3 Å². The summed E-state index contributed by atoms with van der Waals surface area (Å²) < 4.78 is 10.1. The Morgan fingerprint density at radius 2 is 2.12 bits per heavy atom. The molecule has 1 aromatic rings. The van der Waals surface area contributed by atoms with Crippen LogP contribution in [0.25, 0.3) is 0 Å². The number of ether oxygens (including phenoxy) is 2. The fourth-order valence-corrected chi connectivity index (χ4v) is 1.39. The molecule has 1 atom stereocenters. The van der Waals surface area contributed by atoms with Crippen LogP contribution >= 0.6 is 0 Å². The fraction of sp³-hybridized carbons (Fsp3) is 0.417. The highest BCUT2D eigenvalue weighted by atomic mass is 16.6. The number of carbonyl (C=O) groups is 1. The molecule has 0 radical (unpaired) electrons. The molecule has 1 aromatic carbocycles. The van der Waals surface area contributed by atoms with Gasteiger partial charge in [0.2, 0.25) is 0 Å². The molecule has 0 heterocycles. The smallest absolute Gasteiger partial charge is 0.410 e. The Bertz CT molecular complexity index is 324. The van der Waals surface area contributed by atoms with Crippen molar-refractivity contribution in [2.24, 2.45) is 5.73 Å². The van der Waals surface area contributed by atoms with Gasteiger partial charge in [-0.3, -0.25) is 0 Å². The molecule has 0 saturated heterocycles. The van der Waals surface area contributed by atoms with Crippen LogP contribution in [0.2, 0.25) is 0 Å². The minimum atomic E-state index is -0.494. The highest BCUT2D eigenvalue weighted by Gasteiger charge is 2.12. The lowest BCUT2D eigenvalue weighted by Crippen LogP contribution is -2.40. The molecule has 0 fully saturated rings. The van der Waals surface area contributed by atoms with Crippen molar-refractivity contribution in [3.8, 4) is 5.75 Å². The maximum Gasteiger partial charge on any atom is 0.412 e. The zero-order valence-electron chi connectivity index (χ0n) is 9.89. The Hall–Kier alpha value is -1.59. The van der Waals surface area contributed by atoms with Gasteiger partial charge in [0.1, 0.15) is 5.75 Å². The number of nitrogens with one attached hydrogen (secondary N) is 1. The Balaban J connectivity index is 2.42. The molecule has 0 bridgehead atoms. The topological polar surface area (TPSA) is 73.6 Å². The van der Waals surface area contributed by atoms with Gasteiger partial charge in [0.15, 0.2) is 0 Å². The molecule has 3 N–H and O–H groups in total. The standard InChI is InChI=1S/C12H18N2O3/c1-16-9-10(7-8-13)14-12(15)17-11-5-3-2-4-6-11/h2-6,10H,7-9,13H2,1H3,(H,14,15). The molecule has 1 amide bonds. The molecule has 5 nitrogen and oxygen atoms in total. The van der Waals surface area contributed by atoms with Gasteiger partial charge in [-0.05, 0) is 25.1 Å². The monoisotopic (exact) mass is 238 g/mol. The van der Waals surface area contributed by atoms with Crippen molar-refractivity contribution >= 4 is 6.09 Å². The Morgan fingerprint density at radius 3 is 2.71 bits per heavy atom. The normalized spacial score (nSPS) is 11.9. The summed E-state index contributed by atoms with van der Waals surface area (Å²) in [6.07, 6.45) is 0.157. The number of methoxy groups -OCH3 is 1. The molecule has 1 rings (SSSR count). The average Bonchev–Trinajstić information content (AvgIpc) is 2.30. The number of amides is 1. The molecule has 0 saturated carbocycles. The SMILES string of the molecule is COCC(CCN)NC(=O)Oc1ccccc1. The van der Waals surface area contributed by atoms with E-state index in [1.54, 1.807) is 31.4 Å². The van der Waals surface area contributed by atoms with Crippen LogP contribution in [0, 0.1) is 0 Å². The van der Waals surface area contributed by atoms with E-state index < -0.39 is 6.09 Å². The predicted octanol–water partition coefficient (Wildman–Crippen LogP) is 1.14. The number of benzene rings is 1. The second-order valence-electron chi connectivity index (χ2n) is 3.58. The summed E-state index contributed by atoms with van der Waals surface area (Å²) in [4.78, 5) is 11.5. The maximum absolute atomic E-state index is 11.5. The number of carbonyl (C=O) groups excluding carboxylic acids is 1. The number of rotatable bonds is 6. The van der Waals surface area contributed by atoms with Gasteiger partial charge in [-0.1, -0.05) is 18.2 Å². The Kier molecular flexibility index (Phi) is 6.06. The minimum absolute atomic E-state index is 0.124. The van der Waals surface area contributed by atoms with Gasteiger partial charge >= 0.3 is 6.09 Å². The van der Waals surface area contributed by atoms with E-state index in [4.69, 9.17) is 15.2 Å². The number of nitrogens with two attached hydrogens (primary N) is 1. The lowest BCUT2D eigenvalue weighted by Gasteiger charge is -2.16. The van der Waals surface area contributed by atoms with Gasteiger partial charge in [0.05, 0.1) is 12.6 Å². The van der Waals surface area contributed by atoms with Crippen LogP contribution in [-0.2, 0) is 4.74 Å². The van der Waals surface area contributed by atoms with Gasteiger partial charge in [0, 0.05) is 7.11 Å². The molecule has 5 heteroatoms. The summed E-state index contributed by atoms with van der Waals surface area (Å²) in [5.41, 5.74) is 5.44. The van der Waals surface area contributed by atoms with Crippen molar-refractivity contribution in [1.29, 1.82) is 0 Å². The van der Waals surface area contributed by atoms with Crippen LogP contribution in [0.1, 0.15) is 6.42 Å². The molecule has 94 valence electrons. The first-order valence-electron chi connectivity index (χ1n) is 5.48. The van der Waals surface area contributed by atoms with Gasteiger partial charge in [-0.25, -0.2) is 4.79 Å². The van der Waals surface area contributed by atoms with E-state index in [0.29, 0.717) is 25.3 Å². The van der Waals surface area contributed by atoms with Crippen LogP contribution < -0.4 is 15.8 Å². The van der Waals surface area contributed by atoms with Gasteiger partial charge in [-0.2, -0.15) is 0 Å². The molecule has 1 unspecified atom stereocenters. The lowest BCUT2D eigenvalue weighted by molar-refractivity contribution is 0.152. The van der Waals surface area contributed by atoms with Gasteiger partial charge < -0.3 is 20.5 Å². The number of hydrogen-bond acceptors (Lipinski definition) is 4. The summed E-state index contributed by atoms with van der Waals surface area (Å²) in [5.74, 6) is 0.508. The lowest BCUT2D eigenvalue weighted by atomic mass is 10.2. The quantitative estimate of drug-likeness (QED) is 0.779. The van der Waals surface area contributed by atoms with E-state index in [2.05, 4.69) is 5.32 Å². The summed E-state index contributed by atoms with van der Waals surface area (Å²) in [7, 11) is 1.58. The molecular weight excluding hydrogens is 220 g/mol. The van der Waals surface area contributed by atoms with E-state index in [9.17, 15) is 4.79 Å². The highest BCUT2D eigenvalue weighted by molar-refractivity contribution is 5.70. The minimum Gasteiger partial charge on any atom is -0.410 e. The third-order valence-electron chi connectivity index (χ3n) is 2.16. The summed E-state index contributed by atoms with van der Waals surface area (Å²) in [6.45, 7) is 0.904. The Morgan fingerprint density at radius 1 is 1.41 bits per heavy atom. The third kappa shape index (κ3) is 5.33. The van der Waals surface area contributed by atoms with Crippen molar-refractivity contribution in [3.63, 3.8) is 0 Å². The molecule has 0 aromatic heterocycles. The maximum atomic E-state index is 11.5. The summed E-state index contributed by atoms with van der Waals surface area (Å²) in [5, 5.41) is 2.70. The fourth-order valence-electron chi connectivity index (χ4n) is 1.39. The van der Waals surface area contributed by atoms with E-state index in [0.717, 1.165) is 0 Å².